The monoisotopic (exact) mass is 488 g/mol. The second kappa shape index (κ2) is 8.68. The Morgan fingerprint density at radius 2 is 2.12 bits per heavy atom. The lowest BCUT2D eigenvalue weighted by Crippen LogP contribution is -2.41. The number of pyridine rings is 1. The number of fused-ring (bicyclic) bond motifs is 1. The third-order valence-electron chi connectivity index (χ3n) is 5.85. The Hall–Kier alpha value is -2.95. The Morgan fingerprint density at radius 3 is 2.88 bits per heavy atom. The first-order chi connectivity index (χ1) is 16.4. The lowest BCUT2D eigenvalue weighted by Gasteiger charge is -2.29. The van der Waals surface area contributed by atoms with Crippen molar-refractivity contribution in [2.45, 2.75) is 36.4 Å². The van der Waals surface area contributed by atoms with E-state index >= 15 is 0 Å². The fourth-order valence-corrected chi connectivity index (χ4v) is 5.49. The van der Waals surface area contributed by atoms with Crippen LogP contribution < -0.4 is 5.73 Å². The van der Waals surface area contributed by atoms with E-state index in [0.717, 1.165) is 5.56 Å². The number of nitriles is 1. The molecule has 3 aromatic rings. The molecule has 34 heavy (non-hydrogen) atoms. The molecular weight excluding hydrogens is 467 g/mol. The predicted octanol–water partition coefficient (Wildman–Crippen LogP) is 0.849. The minimum Gasteiger partial charge on any atom is -0.387 e. The first-order valence-corrected chi connectivity index (χ1v) is 11.8. The second-order valence-corrected chi connectivity index (χ2v) is 9.46. The molecule has 2 saturated heterocycles. The number of rotatable bonds is 5. The zero-order chi connectivity index (χ0) is 23.9. The number of nitrogens with zero attached hydrogens (tertiary/aromatic N) is 5. The molecule has 2 aliphatic rings. The van der Waals surface area contributed by atoms with Gasteiger partial charge in [0.05, 0.1) is 25.0 Å². The molecule has 0 aromatic carbocycles. The first kappa shape index (κ1) is 22.8. The van der Waals surface area contributed by atoms with E-state index in [2.05, 4.69) is 15.1 Å². The van der Waals surface area contributed by atoms with Crippen LogP contribution >= 0.6 is 7.82 Å². The van der Waals surface area contributed by atoms with Crippen LogP contribution in [0.5, 0.6) is 0 Å². The van der Waals surface area contributed by atoms with Gasteiger partial charge in [-0.3, -0.25) is 18.6 Å². The summed E-state index contributed by atoms with van der Waals surface area (Å²) in [6, 6.07) is 8.47. The number of aliphatic hydroxyl groups excluding tert-OH is 2. The van der Waals surface area contributed by atoms with E-state index in [1.165, 1.54) is 16.9 Å². The third-order valence-corrected chi connectivity index (χ3v) is 7.32. The summed E-state index contributed by atoms with van der Waals surface area (Å²) in [4.78, 5) is 7.84. The molecule has 0 radical (unpaired) electrons. The van der Waals surface area contributed by atoms with Gasteiger partial charge in [0, 0.05) is 18.8 Å². The normalized spacial score (nSPS) is 33.7. The maximum Gasteiger partial charge on any atom is 0.475 e. The molecule has 3 aromatic heterocycles. The molecule has 2 aliphatic heterocycles. The van der Waals surface area contributed by atoms with Gasteiger partial charge in [0.15, 0.2) is 5.82 Å². The van der Waals surface area contributed by atoms with Crippen molar-refractivity contribution in [2.75, 3.05) is 18.9 Å². The van der Waals surface area contributed by atoms with Gasteiger partial charge in [-0.25, -0.2) is 14.1 Å². The van der Waals surface area contributed by atoms with Gasteiger partial charge in [-0.2, -0.15) is 10.4 Å². The van der Waals surface area contributed by atoms with Crippen LogP contribution in [0.2, 0.25) is 0 Å². The van der Waals surface area contributed by atoms with Crippen LogP contribution in [0.3, 0.4) is 0 Å². The number of ether oxygens (including phenoxy) is 1. The van der Waals surface area contributed by atoms with Crippen molar-refractivity contribution in [2.24, 2.45) is 0 Å². The zero-order valence-electron chi connectivity index (χ0n) is 17.7. The highest BCUT2D eigenvalue weighted by molar-refractivity contribution is 7.48. The fourth-order valence-electron chi connectivity index (χ4n) is 4.10. The van der Waals surface area contributed by atoms with E-state index < -0.39 is 44.4 Å². The second-order valence-electron chi connectivity index (χ2n) is 7.84. The van der Waals surface area contributed by atoms with Gasteiger partial charge in [0.25, 0.3) is 0 Å². The molecule has 1 unspecified atom stereocenters. The largest absolute Gasteiger partial charge is 0.475 e. The summed E-state index contributed by atoms with van der Waals surface area (Å²) in [7, 11) is -4.01. The highest BCUT2D eigenvalue weighted by Crippen LogP contribution is 2.57. The zero-order valence-corrected chi connectivity index (χ0v) is 18.6. The van der Waals surface area contributed by atoms with Gasteiger partial charge in [-0.05, 0) is 29.8 Å². The number of aliphatic hydroxyl groups is 2. The standard InChI is InChI=1S/C20H21N6O7P/c21-10-20(16-2-1-13-19(22)24-11-25-26(13)16)18(28)17(27)15(32-20)9-31-34(29)30-8-5-14(33-34)12-3-6-23-7-4-12/h1-4,6-7,11,14-15,17-18,27-28H,5,8-9H2,(H2,22,24,25)/t14-,15+,17+,18+,20-,34?/m0/s1. The molecule has 6 atom stereocenters. The molecule has 2 fully saturated rings. The van der Waals surface area contributed by atoms with E-state index in [4.69, 9.17) is 24.0 Å². The van der Waals surface area contributed by atoms with Crippen molar-refractivity contribution < 1.29 is 33.1 Å². The average Bonchev–Trinajstić information content (AvgIpc) is 3.40. The number of nitrogen functional groups attached to an aromatic ring is 1. The maximum absolute atomic E-state index is 13.1. The topological polar surface area (TPSA) is 187 Å². The Labute approximate surface area is 193 Å². The van der Waals surface area contributed by atoms with Crippen LogP contribution in [-0.2, 0) is 28.5 Å². The summed E-state index contributed by atoms with van der Waals surface area (Å²) in [5, 5.41) is 35.5. The summed E-state index contributed by atoms with van der Waals surface area (Å²) in [5.74, 6) is 0.163. The van der Waals surface area contributed by atoms with E-state index in [1.54, 1.807) is 30.6 Å². The number of anilines is 1. The highest BCUT2D eigenvalue weighted by atomic mass is 31.2. The molecule has 0 amide bonds. The predicted molar refractivity (Wildman–Crippen MR) is 114 cm³/mol. The number of aromatic nitrogens is 4. The quantitative estimate of drug-likeness (QED) is 0.430. The molecule has 4 N–H and O–H groups in total. The van der Waals surface area contributed by atoms with Gasteiger partial charge in [-0.15, -0.1) is 0 Å². The molecule has 14 heteroatoms. The number of phosphoric ester groups is 1. The van der Waals surface area contributed by atoms with Crippen LogP contribution in [0.1, 0.15) is 23.8 Å². The van der Waals surface area contributed by atoms with E-state index in [1.807, 2.05) is 6.07 Å². The molecular formula is C20H21N6O7P. The van der Waals surface area contributed by atoms with E-state index in [-0.39, 0.29) is 18.1 Å². The number of phosphoric acid groups is 1. The molecule has 0 spiro atoms. The van der Waals surface area contributed by atoms with Crippen LogP contribution in [-0.4, -0.2) is 61.3 Å². The third kappa shape index (κ3) is 3.75. The average molecular weight is 488 g/mol. The van der Waals surface area contributed by atoms with Crippen molar-refractivity contribution in [1.82, 2.24) is 19.6 Å². The van der Waals surface area contributed by atoms with Crippen LogP contribution in [0.4, 0.5) is 5.82 Å². The summed E-state index contributed by atoms with van der Waals surface area (Å²) >= 11 is 0. The number of hydrogen-bond donors (Lipinski definition) is 3. The van der Waals surface area contributed by atoms with Gasteiger partial charge < -0.3 is 20.7 Å². The van der Waals surface area contributed by atoms with Crippen molar-refractivity contribution in [3.63, 3.8) is 0 Å². The van der Waals surface area contributed by atoms with Crippen LogP contribution in [0.25, 0.3) is 5.52 Å². The first-order valence-electron chi connectivity index (χ1n) is 10.4. The van der Waals surface area contributed by atoms with E-state index in [0.29, 0.717) is 11.9 Å². The molecule has 178 valence electrons. The lowest BCUT2D eigenvalue weighted by molar-refractivity contribution is -0.0689. The van der Waals surface area contributed by atoms with Crippen molar-refractivity contribution in [1.29, 1.82) is 5.26 Å². The lowest BCUT2D eigenvalue weighted by atomic mass is 9.92. The van der Waals surface area contributed by atoms with Crippen LogP contribution in [0, 0.1) is 11.3 Å². The summed E-state index contributed by atoms with van der Waals surface area (Å²) in [6.45, 7) is -0.344. The minimum atomic E-state index is -4.01. The van der Waals surface area contributed by atoms with Crippen molar-refractivity contribution in [3.8, 4) is 6.07 Å². The molecule has 0 aliphatic carbocycles. The maximum atomic E-state index is 13.1. The SMILES string of the molecule is N#C[C@@]1(c2ccc3c(N)ncnn23)O[C@H](COP2(=O)OCC[C@@H](c3ccncc3)O2)[C@@H](O)[C@H]1O. The highest BCUT2D eigenvalue weighted by Gasteiger charge is 2.58. The van der Waals surface area contributed by atoms with Crippen molar-refractivity contribution in [3.05, 3.63) is 54.2 Å². The van der Waals surface area contributed by atoms with Gasteiger partial charge in [0.1, 0.15) is 36.2 Å². The van der Waals surface area contributed by atoms with Gasteiger partial charge >= 0.3 is 7.82 Å². The van der Waals surface area contributed by atoms with Crippen molar-refractivity contribution >= 4 is 19.2 Å². The summed E-state index contributed by atoms with van der Waals surface area (Å²) in [5.41, 5.74) is 5.15. The minimum absolute atomic E-state index is 0.125. The van der Waals surface area contributed by atoms with E-state index in [9.17, 15) is 20.0 Å². The number of hydrogen-bond acceptors (Lipinski definition) is 12. The fraction of sp³-hybridized carbons (Fsp3) is 0.400. The summed E-state index contributed by atoms with van der Waals surface area (Å²) < 4.78 is 36.4. The Morgan fingerprint density at radius 1 is 1.32 bits per heavy atom. The van der Waals surface area contributed by atoms with Crippen LogP contribution in [0.15, 0.2) is 43.0 Å². The molecule has 0 bridgehead atoms. The van der Waals surface area contributed by atoms with Gasteiger partial charge in [-0.1, -0.05) is 0 Å². The molecule has 5 heterocycles. The Bertz CT molecular complexity index is 1280. The smallest absolute Gasteiger partial charge is 0.387 e. The molecule has 13 nitrogen and oxygen atoms in total. The number of nitrogens with two attached hydrogens (primary N) is 1. The Balaban J connectivity index is 1.35. The van der Waals surface area contributed by atoms with Gasteiger partial charge in [0.2, 0.25) is 5.60 Å². The Kier molecular flexibility index (Phi) is 5.83. The summed E-state index contributed by atoms with van der Waals surface area (Å²) in [6.07, 6.45) is -0.127. The molecule has 5 rings (SSSR count). The molecule has 0 saturated carbocycles.